The molecule has 8 heteroatoms. The first kappa shape index (κ1) is 28.2. The van der Waals surface area contributed by atoms with E-state index in [1.54, 1.807) is 36.9 Å². The van der Waals surface area contributed by atoms with E-state index in [1.807, 2.05) is 51.0 Å². The van der Waals surface area contributed by atoms with E-state index >= 15 is 0 Å². The summed E-state index contributed by atoms with van der Waals surface area (Å²) >= 11 is 0. The number of benzene rings is 1. The number of anilines is 1. The minimum absolute atomic E-state index is 0.191. The van der Waals surface area contributed by atoms with Crippen molar-refractivity contribution in [2.45, 2.75) is 13.8 Å². The number of likely N-dealkylation sites (N-methyl/N-ethyl adjacent to an activating group) is 1. The molecule has 0 spiro atoms. The highest BCUT2D eigenvalue weighted by atomic mass is 19.1. The van der Waals surface area contributed by atoms with Crippen molar-refractivity contribution in [3.05, 3.63) is 120 Å². The number of nitrogens with one attached hydrogen (secondary N) is 3. The molecule has 4 aromatic rings. The third kappa shape index (κ3) is 6.42. The average Bonchev–Trinajstić information content (AvgIpc) is 3.34. The molecule has 0 saturated carbocycles. The third-order valence-electron chi connectivity index (χ3n) is 6.32. The monoisotopic (exact) mass is 535 g/mol. The van der Waals surface area contributed by atoms with Crippen LogP contribution in [-0.4, -0.2) is 46.2 Å². The van der Waals surface area contributed by atoms with Crippen molar-refractivity contribution in [2.24, 2.45) is 5.73 Å². The molecule has 40 heavy (non-hydrogen) atoms. The molecule has 0 amide bonds. The number of nitrogens with two attached hydrogens (primary N) is 1. The zero-order valence-electron chi connectivity index (χ0n) is 23.3. The van der Waals surface area contributed by atoms with Crippen LogP contribution in [0.15, 0.2) is 97.4 Å². The van der Waals surface area contributed by atoms with E-state index in [9.17, 15) is 4.39 Å². The number of hydrogen-bond acceptors (Lipinski definition) is 6. The van der Waals surface area contributed by atoms with Gasteiger partial charge in [-0.3, -0.25) is 15.4 Å². The van der Waals surface area contributed by atoms with Crippen LogP contribution >= 0.6 is 0 Å². The molecule has 0 fully saturated rings. The van der Waals surface area contributed by atoms with Gasteiger partial charge >= 0.3 is 0 Å². The van der Waals surface area contributed by atoms with Crippen molar-refractivity contribution >= 4 is 27.9 Å². The topological polar surface area (TPSA) is 107 Å². The van der Waals surface area contributed by atoms with Gasteiger partial charge in [-0.15, -0.1) is 0 Å². The van der Waals surface area contributed by atoms with Crippen LogP contribution in [0.4, 0.5) is 10.1 Å². The van der Waals surface area contributed by atoms with E-state index in [4.69, 9.17) is 11.1 Å². The first-order valence-electron chi connectivity index (χ1n) is 12.8. The number of pyridine rings is 2. The van der Waals surface area contributed by atoms with Gasteiger partial charge in [-0.05, 0) is 75.0 Å². The zero-order valence-corrected chi connectivity index (χ0v) is 23.3. The molecule has 0 saturated heterocycles. The van der Waals surface area contributed by atoms with E-state index in [2.05, 4.69) is 33.4 Å². The molecule has 0 aliphatic carbocycles. The molecule has 5 N–H and O–H groups in total. The zero-order chi connectivity index (χ0) is 29.0. The summed E-state index contributed by atoms with van der Waals surface area (Å²) in [7, 11) is 3.95. The van der Waals surface area contributed by atoms with Crippen LogP contribution < -0.4 is 11.1 Å². The van der Waals surface area contributed by atoms with Gasteiger partial charge in [0.1, 0.15) is 5.82 Å². The van der Waals surface area contributed by atoms with Crippen molar-refractivity contribution < 1.29 is 4.39 Å². The maximum atomic E-state index is 14.2. The van der Waals surface area contributed by atoms with Crippen LogP contribution in [0.5, 0.6) is 0 Å². The lowest BCUT2D eigenvalue weighted by Crippen LogP contribution is -2.18. The Hall–Kier alpha value is -4.82. The first-order valence-corrected chi connectivity index (χ1v) is 12.8. The number of halogens is 1. The lowest BCUT2D eigenvalue weighted by molar-refractivity contribution is 0.447. The molecule has 0 aliphatic heterocycles. The van der Waals surface area contributed by atoms with Crippen molar-refractivity contribution in [1.29, 1.82) is 5.41 Å². The molecule has 0 bridgehead atoms. The fourth-order valence-electron chi connectivity index (χ4n) is 4.47. The number of hydrogen-bond donors (Lipinski definition) is 4. The number of nitrogens with zero attached hydrogens (tertiary/aromatic N) is 3. The molecule has 4 rings (SSSR count). The minimum atomic E-state index is -0.309. The molecule has 7 nitrogen and oxygen atoms in total. The Bertz CT molecular complexity index is 1650. The number of aromatic nitrogens is 3. The Labute approximate surface area is 234 Å². The summed E-state index contributed by atoms with van der Waals surface area (Å²) in [4.78, 5) is 14.0. The Morgan fingerprint density at radius 2 is 1.85 bits per heavy atom. The molecule has 0 aliphatic rings. The van der Waals surface area contributed by atoms with Gasteiger partial charge in [-0.25, -0.2) is 4.39 Å². The summed E-state index contributed by atoms with van der Waals surface area (Å²) in [5.74, 6) is -0.309. The predicted molar refractivity (Wildman–Crippen MR) is 164 cm³/mol. The van der Waals surface area contributed by atoms with Gasteiger partial charge in [0, 0.05) is 52.4 Å². The van der Waals surface area contributed by atoms with E-state index < -0.39 is 0 Å². The maximum Gasteiger partial charge on any atom is 0.124 e. The van der Waals surface area contributed by atoms with Gasteiger partial charge in [0.05, 0.1) is 35.0 Å². The van der Waals surface area contributed by atoms with Gasteiger partial charge in [0.25, 0.3) is 0 Å². The van der Waals surface area contributed by atoms with Crippen molar-refractivity contribution in [3.8, 4) is 11.1 Å². The molecule has 0 radical (unpaired) electrons. The summed E-state index contributed by atoms with van der Waals surface area (Å²) in [6.07, 6.45) is 10.4. The van der Waals surface area contributed by atoms with E-state index in [1.165, 1.54) is 12.1 Å². The highest BCUT2D eigenvalue weighted by molar-refractivity contribution is 6.15. The second kappa shape index (κ2) is 11.9. The standard InChI is InChI=1S/C32H34FN7/c1-7-29(34)27(10-20(3)23-12-25(15-36-14-23)38-21(4)18-40(5)6)32(35)30-13-26-28(16-37-17-31(26)39-30)22-8-19(2)9-24(33)11-22/h7-17,35,38-39H,3-4,18,34H2,1-2,5-6H3/b27-10+,29-7+,35-32?. The van der Waals surface area contributed by atoms with Crippen LogP contribution in [0.25, 0.3) is 27.6 Å². The van der Waals surface area contributed by atoms with Gasteiger partial charge < -0.3 is 20.9 Å². The number of aromatic amines is 1. The summed E-state index contributed by atoms with van der Waals surface area (Å²) in [5, 5.41) is 13.2. The Kier molecular flexibility index (Phi) is 8.40. The second-order valence-electron chi connectivity index (χ2n) is 9.98. The number of rotatable bonds is 10. The molecule has 0 atom stereocenters. The van der Waals surface area contributed by atoms with Crippen LogP contribution in [0.2, 0.25) is 0 Å². The van der Waals surface area contributed by atoms with Gasteiger partial charge in [-0.1, -0.05) is 25.3 Å². The number of fused-ring (bicyclic) bond motifs is 1. The van der Waals surface area contributed by atoms with E-state index in [0.29, 0.717) is 29.1 Å². The number of aryl methyl sites for hydroxylation is 1. The second-order valence-corrected chi connectivity index (χ2v) is 9.98. The van der Waals surface area contributed by atoms with Crippen molar-refractivity contribution in [3.63, 3.8) is 0 Å². The quantitative estimate of drug-likeness (QED) is 0.138. The molecule has 3 aromatic heterocycles. The Balaban J connectivity index is 1.69. The maximum absolute atomic E-state index is 14.2. The lowest BCUT2D eigenvalue weighted by Gasteiger charge is -2.15. The minimum Gasteiger partial charge on any atom is -0.398 e. The van der Waals surface area contributed by atoms with Crippen LogP contribution in [0.3, 0.4) is 0 Å². The van der Waals surface area contributed by atoms with Crippen molar-refractivity contribution in [2.75, 3.05) is 26.0 Å². The Morgan fingerprint density at radius 1 is 1.10 bits per heavy atom. The van der Waals surface area contributed by atoms with E-state index in [0.717, 1.165) is 44.5 Å². The van der Waals surface area contributed by atoms with Crippen LogP contribution in [0, 0.1) is 18.2 Å². The largest absolute Gasteiger partial charge is 0.398 e. The highest BCUT2D eigenvalue weighted by Crippen LogP contribution is 2.31. The highest BCUT2D eigenvalue weighted by Gasteiger charge is 2.17. The summed E-state index contributed by atoms with van der Waals surface area (Å²) in [5.41, 5.74) is 14.2. The fraction of sp³-hybridized carbons (Fsp3) is 0.156. The fourth-order valence-corrected chi connectivity index (χ4v) is 4.47. The summed E-state index contributed by atoms with van der Waals surface area (Å²) < 4.78 is 14.2. The van der Waals surface area contributed by atoms with Crippen LogP contribution in [-0.2, 0) is 0 Å². The SMILES string of the molecule is C=C(CN(C)C)Nc1cncc(C(=C)/C=C(C(=N)c2cc3c(-c4cc(C)cc(F)c4)cncc3[nH]2)\C(N)=C/C)c1. The number of H-pyrrole nitrogens is 1. The summed E-state index contributed by atoms with van der Waals surface area (Å²) in [6, 6.07) is 8.69. The van der Waals surface area contributed by atoms with Crippen molar-refractivity contribution in [1.82, 2.24) is 19.9 Å². The van der Waals surface area contributed by atoms with Gasteiger partial charge in [0.2, 0.25) is 0 Å². The molecule has 3 heterocycles. The van der Waals surface area contributed by atoms with Gasteiger partial charge in [0.15, 0.2) is 0 Å². The van der Waals surface area contributed by atoms with Gasteiger partial charge in [-0.2, -0.15) is 0 Å². The molecule has 204 valence electrons. The normalized spacial score (nSPS) is 12.2. The average molecular weight is 536 g/mol. The lowest BCUT2D eigenvalue weighted by atomic mass is 9.98. The molecular formula is C32H34FN7. The first-order chi connectivity index (χ1) is 19.0. The molecular weight excluding hydrogens is 501 g/mol. The molecule has 1 aromatic carbocycles. The number of allylic oxidation sites excluding steroid dienone is 4. The predicted octanol–water partition coefficient (Wildman–Crippen LogP) is 6.43. The summed E-state index contributed by atoms with van der Waals surface area (Å²) in [6.45, 7) is 12.6. The Morgan fingerprint density at radius 3 is 2.55 bits per heavy atom. The smallest absolute Gasteiger partial charge is 0.124 e. The van der Waals surface area contributed by atoms with E-state index in [-0.39, 0.29) is 11.5 Å². The molecule has 0 unspecified atom stereocenters. The van der Waals surface area contributed by atoms with Crippen LogP contribution in [0.1, 0.15) is 23.7 Å². The third-order valence-corrected chi connectivity index (χ3v) is 6.32.